The second-order valence-corrected chi connectivity index (χ2v) is 3.14. The van der Waals surface area contributed by atoms with Crippen molar-refractivity contribution in [3.05, 3.63) is 42.1 Å². The van der Waals surface area contributed by atoms with Gasteiger partial charge in [-0.3, -0.25) is 5.43 Å². The average Bonchev–Trinajstić information content (AvgIpc) is 2.35. The molecule has 0 fully saturated rings. The van der Waals surface area contributed by atoms with E-state index in [2.05, 4.69) is 20.7 Å². The van der Waals surface area contributed by atoms with Crippen LogP contribution in [0.25, 0.3) is 0 Å². The maximum Gasteiger partial charge on any atom is 0.239 e. The lowest BCUT2D eigenvalue weighted by Crippen LogP contribution is -2.11. The van der Waals surface area contributed by atoms with Gasteiger partial charge < -0.3 is 5.32 Å². The predicted octanol–water partition coefficient (Wildman–Crippen LogP) is 1.78. The summed E-state index contributed by atoms with van der Waals surface area (Å²) in [6, 6.07) is 5.33. The van der Waals surface area contributed by atoms with Crippen molar-refractivity contribution in [3.63, 3.8) is 0 Å². The fourth-order valence-electron chi connectivity index (χ4n) is 1.24. The Bertz CT molecular complexity index is 532. The number of hydrogen-bond acceptors (Lipinski definition) is 5. The number of hydrogen-bond donors (Lipinski definition) is 3. The van der Waals surface area contributed by atoms with Crippen molar-refractivity contribution in [1.29, 1.82) is 0 Å². The highest BCUT2D eigenvalue weighted by molar-refractivity contribution is 5.57. The number of nitrogens with one attached hydrogen (secondary N) is 2. The van der Waals surface area contributed by atoms with E-state index in [0.717, 1.165) is 6.07 Å². The molecule has 0 bridgehead atoms. The van der Waals surface area contributed by atoms with Crippen LogP contribution in [0, 0.1) is 11.6 Å². The minimum atomic E-state index is -0.964. The first-order valence-corrected chi connectivity index (χ1v) is 4.71. The smallest absolute Gasteiger partial charge is 0.239 e. The molecular formula is C10H9F2N5. The summed E-state index contributed by atoms with van der Waals surface area (Å²) in [4.78, 5) is 7.69. The summed E-state index contributed by atoms with van der Waals surface area (Å²) in [6.45, 7) is 0. The number of benzene rings is 1. The van der Waals surface area contributed by atoms with E-state index < -0.39 is 11.6 Å². The molecule has 17 heavy (non-hydrogen) atoms. The molecule has 88 valence electrons. The van der Waals surface area contributed by atoms with Gasteiger partial charge in [-0.05, 0) is 18.2 Å². The highest BCUT2D eigenvalue weighted by Gasteiger charge is 2.08. The summed E-state index contributed by atoms with van der Waals surface area (Å²) in [5.41, 5.74) is 2.24. The van der Waals surface area contributed by atoms with Gasteiger partial charge in [-0.15, -0.1) is 0 Å². The molecule has 1 aromatic heterocycles. The Balaban J connectivity index is 2.28. The van der Waals surface area contributed by atoms with Crippen LogP contribution in [0.5, 0.6) is 0 Å². The quantitative estimate of drug-likeness (QED) is 0.560. The van der Waals surface area contributed by atoms with Crippen molar-refractivity contribution in [2.75, 3.05) is 10.7 Å². The van der Waals surface area contributed by atoms with Crippen molar-refractivity contribution in [2.24, 2.45) is 5.84 Å². The van der Waals surface area contributed by atoms with E-state index in [1.165, 1.54) is 24.4 Å². The van der Waals surface area contributed by atoms with Crippen LogP contribution in [0.3, 0.4) is 0 Å². The number of nitrogen functional groups attached to an aromatic ring is 1. The molecule has 5 nitrogen and oxygen atoms in total. The van der Waals surface area contributed by atoms with Crippen molar-refractivity contribution in [3.8, 4) is 0 Å². The minimum absolute atomic E-state index is 0.00771. The van der Waals surface area contributed by atoms with E-state index in [1.54, 1.807) is 0 Å². The molecule has 0 atom stereocenters. The van der Waals surface area contributed by atoms with Gasteiger partial charge >= 0.3 is 0 Å². The third kappa shape index (κ3) is 2.45. The Hall–Kier alpha value is -2.28. The highest BCUT2D eigenvalue weighted by atomic mass is 19.2. The van der Waals surface area contributed by atoms with Gasteiger partial charge in [0, 0.05) is 6.20 Å². The zero-order valence-electron chi connectivity index (χ0n) is 8.61. The first kappa shape index (κ1) is 11.2. The topological polar surface area (TPSA) is 75.9 Å². The number of anilines is 3. The molecule has 1 heterocycles. The molecule has 0 saturated carbocycles. The number of aromatic nitrogens is 2. The van der Waals surface area contributed by atoms with E-state index >= 15 is 0 Å². The molecule has 4 N–H and O–H groups in total. The molecule has 0 unspecified atom stereocenters. The van der Waals surface area contributed by atoms with Crippen molar-refractivity contribution < 1.29 is 8.78 Å². The number of halogens is 2. The van der Waals surface area contributed by atoms with Crippen LogP contribution in [-0.4, -0.2) is 9.97 Å². The number of rotatable bonds is 3. The van der Waals surface area contributed by atoms with Gasteiger partial charge in [-0.1, -0.05) is 6.07 Å². The Morgan fingerprint density at radius 2 is 2.00 bits per heavy atom. The predicted molar refractivity (Wildman–Crippen MR) is 59.5 cm³/mol. The molecular weight excluding hydrogens is 228 g/mol. The summed E-state index contributed by atoms with van der Waals surface area (Å²) >= 11 is 0. The van der Waals surface area contributed by atoms with Gasteiger partial charge in [0.2, 0.25) is 5.95 Å². The highest BCUT2D eigenvalue weighted by Crippen LogP contribution is 2.20. The molecule has 7 heteroatoms. The second-order valence-electron chi connectivity index (χ2n) is 3.14. The Morgan fingerprint density at radius 3 is 2.76 bits per heavy atom. The molecule has 0 amide bonds. The van der Waals surface area contributed by atoms with Gasteiger partial charge in [0.25, 0.3) is 0 Å². The summed E-state index contributed by atoms with van der Waals surface area (Å²) in [5, 5.41) is 2.63. The summed E-state index contributed by atoms with van der Waals surface area (Å²) in [5.74, 6) is 3.71. The Kier molecular flexibility index (Phi) is 3.10. The molecule has 0 spiro atoms. The van der Waals surface area contributed by atoms with E-state index in [-0.39, 0.29) is 11.6 Å². The SMILES string of the molecule is NNc1nccc(Nc2cccc(F)c2F)n1. The first-order valence-electron chi connectivity index (χ1n) is 4.71. The normalized spacial score (nSPS) is 10.1. The maximum absolute atomic E-state index is 13.3. The first-order chi connectivity index (χ1) is 8.20. The van der Waals surface area contributed by atoms with Gasteiger partial charge in [0.15, 0.2) is 11.6 Å². The molecule has 2 aromatic rings. The monoisotopic (exact) mass is 237 g/mol. The van der Waals surface area contributed by atoms with E-state index in [1.807, 2.05) is 0 Å². The van der Waals surface area contributed by atoms with E-state index in [4.69, 9.17) is 5.84 Å². The number of hydrazine groups is 1. The number of nitrogens with zero attached hydrogens (tertiary/aromatic N) is 2. The van der Waals surface area contributed by atoms with Gasteiger partial charge in [-0.25, -0.2) is 19.6 Å². The zero-order chi connectivity index (χ0) is 12.3. The average molecular weight is 237 g/mol. The third-order valence-corrected chi connectivity index (χ3v) is 2.00. The van der Waals surface area contributed by atoms with Crippen LogP contribution in [0.4, 0.5) is 26.2 Å². The van der Waals surface area contributed by atoms with Crippen LogP contribution in [0.15, 0.2) is 30.5 Å². The van der Waals surface area contributed by atoms with Crippen LogP contribution in [0.1, 0.15) is 0 Å². The Morgan fingerprint density at radius 1 is 1.18 bits per heavy atom. The lowest BCUT2D eigenvalue weighted by Gasteiger charge is -2.07. The van der Waals surface area contributed by atoms with Crippen molar-refractivity contribution >= 4 is 17.5 Å². The fraction of sp³-hybridized carbons (Fsp3) is 0. The van der Waals surface area contributed by atoms with Crippen molar-refractivity contribution in [2.45, 2.75) is 0 Å². The van der Waals surface area contributed by atoms with Crippen molar-refractivity contribution in [1.82, 2.24) is 9.97 Å². The fourth-order valence-corrected chi connectivity index (χ4v) is 1.24. The summed E-state index contributed by atoms with van der Waals surface area (Å²) in [7, 11) is 0. The molecule has 0 aliphatic rings. The molecule has 0 aliphatic heterocycles. The molecule has 2 rings (SSSR count). The van der Waals surface area contributed by atoms with Crippen LogP contribution >= 0.6 is 0 Å². The lowest BCUT2D eigenvalue weighted by atomic mass is 10.3. The Labute approximate surface area is 95.7 Å². The van der Waals surface area contributed by atoms with E-state index in [0.29, 0.717) is 5.82 Å². The van der Waals surface area contributed by atoms with Crippen LogP contribution < -0.4 is 16.6 Å². The van der Waals surface area contributed by atoms with Gasteiger partial charge in [0.1, 0.15) is 5.82 Å². The minimum Gasteiger partial charge on any atom is -0.338 e. The van der Waals surface area contributed by atoms with Crippen LogP contribution in [-0.2, 0) is 0 Å². The molecule has 0 radical (unpaired) electrons. The molecule has 0 aliphatic carbocycles. The second kappa shape index (κ2) is 4.71. The molecule has 0 saturated heterocycles. The standard InChI is InChI=1S/C10H9F2N5/c11-6-2-1-3-7(9(6)12)15-8-4-5-14-10(16-8)17-13/h1-5H,13H2,(H2,14,15,16,17). The van der Waals surface area contributed by atoms with Crippen LogP contribution in [0.2, 0.25) is 0 Å². The maximum atomic E-state index is 13.3. The molecule has 1 aromatic carbocycles. The summed E-state index contributed by atoms with van der Waals surface area (Å²) in [6.07, 6.45) is 1.43. The summed E-state index contributed by atoms with van der Waals surface area (Å²) < 4.78 is 26.3. The zero-order valence-corrected chi connectivity index (χ0v) is 8.61. The van der Waals surface area contributed by atoms with Gasteiger partial charge in [-0.2, -0.15) is 4.98 Å². The van der Waals surface area contributed by atoms with Gasteiger partial charge in [0.05, 0.1) is 5.69 Å². The lowest BCUT2D eigenvalue weighted by molar-refractivity contribution is 0.511. The largest absolute Gasteiger partial charge is 0.338 e. The van der Waals surface area contributed by atoms with E-state index in [9.17, 15) is 8.78 Å². The number of nitrogens with two attached hydrogens (primary N) is 1. The third-order valence-electron chi connectivity index (χ3n) is 2.00.